The zero-order valence-electron chi connectivity index (χ0n) is 8.61. The van der Waals surface area contributed by atoms with E-state index in [9.17, 15) is 0 Å². The second-order valence-corrected chi connectivity index (χ2v) is 4.98. The smallest absolute Gasteiger partial charge is 0.138 e. The Morgan fingerprint density at radius 1 is 1.57 bits per heavy atom. The number of nitrogens with zero attached hydrogens (tertiary/aromatic N) is 3. The number of aromatic nitrogens is 3. The molecule has 0 radical (unpaired) electrons. The number of alkyl halides is 1. The highest BCUT2D eigenvalue weighted by molar-refractivity contribution is 7.98. The molecule has 1 aromatic rings. The van der Waals surface area contributed by atoms with Gasteiger partial charge in [-0.3, -0.25) is 0 Å². The maximum atomic E-state index is 5.60. The van der Waals surface area contributed by atoms with Crippen molar-refractivity contribution in [3.05, 3.63) is 12.2 Å². The van der Waals surface area contributed by atoms with Gasteiger partial charge in [0.1, 0.15) is 12.2 Å². The van der Waals surface area contributed by atoms with E-state index in [1.807, 2.05) is 4.68 Å². The van der Waals surface area contributed by atoms with Gasteiger partial charge in [-0.25, -0.2) is 9.67 Å². The Morgan fingerprint density at radius 2 is 2.36 bits per heavy atom. The fourth-order valence-corrected chi connectivity index (χ4v) is 2.10. The molecule has 1 aromatic heterocycles. The molecular weight excluding hydrogens is 218 g/mol. The predicted molar refractivity (Wildman–Crippen MR) is 61.7 cm³/mol. The van der Waals surface area contributed by atoms with E-state index >= 15 is 0 Å². The van der Waals surface area contributed by atoms with Crippen molar-refractivity contribution in [1.82, 2.24) is 14.8 Å². The van der Waals surface area contributed by atoms with E-state index in [2.05, 4.69) is 23.9 Å². The molecule has 0 amide bonds. The quantitative estimate of drug-likeness (QED) is 0.559. The van der Waals surface area contributed by atoms with Crippen molar-refractivity contribution in [2.45, 2.75) is 26.1 Å². The van der Waals surface area contributed by atoms with Crippen LogP contribution < -0.4 is 0 Å². The summed E-state index contributed by atoms with van der Waals surface area (Å²) in [6, 6.07) is 0. The molecule has 0 aromatic carbocycles. The van der Waals surface area contributed by atoms with Crippen LogP contribution in [0.1, 0.15) is 19.7 Å². The molecule has 80 valence electrons. The molecule has 0 aliphatic carbocycles. The summed E-state index contributed by atoms with van der Waals surface area (Å²) in [7, 11) is 0. The minimum atomic E-state index is 0.605. The van der Waals surface area contributed by atoms with Gasteiger partial charge < -0.3 is 0 Å². The summed E-state index contributed by atoms with van der Waals surface area (Å²) in [6.45, 7) is 5.30. The van der Waals surface area contributed by atoms with Crippen LogP contribution in [0.25, 0.3) is 0 Å². The van der Waals surface area contributed by atoms with Crippen LogP contribution in [-0.4, -0.2) is 26.4 Å². The normalized spacial score (nSPS) is 11.1. The van der Waals surface area contributed by atoms with E-state index in [4.69, 9.17) is 11.6 Å². The number of hydrogen-bond acceptors (Lipinski definition) is 3. The standard InChI is InChI=1S/C9H16ClN3S/c1-8(2)5-13-9(11-7-12-13)6-14-4-3-10/h7-8H,3-6H2,1-2H3. The Bertz CT molecular complexity index is 262. The van der Waals surface area contributed by atoms with Gasteiger partial charge in [-0.1, -0.05) is 13.8 Å². The Hall–Kier alpha value is -0.220. The fraction of sp³-hybridized carbons (Fsp3) is 0.778. The Balaban J connectivity index is 2.45. The molecule has 0 bridgehead atoms. The van der Waals surface area contributed by atoms with Gasteiger partial charge in [-0.2, -0.15) is 16.9 Å². The van der Waals surface area contributed by atoms with E-state index in [-0.39, 0.29) is 0 Å². The summed E-state index contributed by atoms with van der Waals surface area (Å²) in [5, 5.41) is 4.19. The molecule has 0 aliphatic heterocycles. The molecule has 0 aliphatic rings. The van der Waals surface area contributed by atoms with Crippen molar-refractivity contribution in [3.8, 4) is 0 Å². The van der Waals surface area contributed by atoms with Crippen LogP contribution in [0.5, 0.6) is 0 Å². The maximum Gasteiger partial charge on any atom is 0.138 e. The third kappa shape index (κ3) is 3.88. The highest BCUT2D eigenvalue weighted by atomic mass is 35.5. The zero-order valence-corrected chi connectivity index (χ0v) is 10.2. The molecule has 0 unspecified atom stereocenters. The zero-order chi connectivity index (χ0) is 10.4. The first kappa shape index (κ1) is 11.9. The Labute approximate surface area is 94.2 Å². The lowest BCUT2D eigenvalue weighted by atomic mass is 10.2. The number of hydrogen-bond donors (Lipinski definition) is 0. The molecule has 0 fully saturated rings. The van der Waals surface area contributed by atoms with Crippen LogP contribution >= 0.6 is 23.4 Å². The average Bonchev–Trinajstić information content (AvgIpc) is 2.52. The third-order valence-corrected chi connectivity index (χ3v) is 3.05. The predicted octanol–water partition coefficient (Wildman–Crippen LogP) is 2.41. The van der Waals surface area contributed by atoms with E-state index in [0.29, 0.717) is 11.8 Å². The number of thioether (sulfide) groups is 1. The highest BCUT2D eigenvalue weighted by Crippen LogP contribution is 2.10. The fourth-order valence-electron chi connectivity index (χ4n) is 1.12. The van der Waals surface area contributed by atoms with E-state index in [1.165, 1.54) is 0 Å². The van der Waals surface area contributed by atoms with Gasteiger partial charge in [0, 0.05) is 18.2 Å². The SMILES string of the molecule is CC(C)Cn1ncnc1CSCCCl. The van der Waals surface area contributed by atoms with Gasteiger partial charge in [-0.15, -0.1) is 11.6 Å². The molecule has 0 atom stereocenters. The first-order valence-electron chi connectivity index (χ1n) is 4.74. The van der Waals surface area contributed by atoms with Crippen LogP contribution in [0.4, 0.5) is 0 Å². The van der Waals surface area contributed by atoms with Crippen LogP contribution in [-0.2, 0) is 12.3 Å². The minimum absolute atomic E-state index is 0.605. The Morgan fingerprint density at radius 3 is 3.00 bits per heavy atom. The van der Waals surface area contributed by atoms with Crippen LogP contribution in [0.2, 0.25) is 0 Å². The van der Waals surface area contributed by atoms with Crippen molar-refractivity contribution in [2.24, 2.45) is 5.92 Å². The second-order valence-electron chi connectivity index (χ2n) is 3.49. The van der Waals surface area contributed by atoms with Gasteiger partial charge in [0.05, 0.1) is 5.75 Å². The lowest BCUT2D eigenvalue weighted by molar-refractivity contribution is 0.472. The lowest BCUT2D eigenvalue weighted by Crippen LogP contribution is -2.09. The molecule has 0 saturated carbocycles. The molecule has 0 spiro atoms. The molecule has 1 heterocycles. The molecular formula is C9H16ClN3S. The van der Waals surface area contributed by atoms with Gasteiger partial charge >= 0.3 is 0 Å². The summed E-state index contributed by atoms with van der Waals surface area (Å²) < 4.78 is 1.98. The highest BCUT2D eigenvalue weighted by Gasteiger charge is 2.05. The van der Waals surface area contributed by atoms with Crippen molar-refractivity contribution in [3.63, 3.8) is 0 Å². The summed E-state index contributed by atoms with van der Waals surface area (Å²) in [5.74, 6) is 4.22. The maximum absolute atomic E-state index is 5.60. The van der Waals surface area contributed by atoms with Gasteiger partial charge in [0.15, 0.2) is 0 Å². The summed E-state index contributed by atoms with van der Waals surface area (Å²) in [4.78, 5) is 4.23. The summed E-state index contributed by atoms with van der Waals surface area (Å²) in [5.41, 5.74) is 0. The molecule has 0 N–H and O–H groups in total. The number of rotatable bonds is 6. The summed E-state index contributed by atoms with van der Waals surface area (Å²) >= 11 is 7.40. The van der Waals surface area contributed by atoms with Crippen LogP contribution in [0.15, 0.2) is 6.33 Å². The monoisotopic (exact) mass is 233 g/mol. The molecule has 3 nitrogen and oxygen atoms in total. The molecule has 5 heteroatoms. The van der Waals surface area contributed by atoms with Crippen LogP contribution in [0, 0.1) is 5.92 Å². The van der Waals surface area contributed by atoms with Crippen LogP contribution in [0.3, 0.4) is 0 Å². The Kier molecular flexibility index (Phi) is 5.33. The minimum Gasteiger partial charge on any atom is -0.249 e. The lowest BCUT2D eigenvalue weighted by Gasteiger charge is -2.07. The molecule has 14 heavy (non-hydrogen) atoms. The van der Waals surface area contributed by atoms with E-state index in [0.717, 1.165) is 23.9 Å². The largest absolute Gasteiger partial charge is 0.249 e. The first-order chi connectivity index (χ1) is 6.74. The van der Waals surface area contributed by atoms with Crippen molar-refractivity contribution in [2.75, 3.05) is 11.6 Å². The average molecular weight is 234 g/mol. The molecule has 0 saturated heterocycles. The van der Waals surface area contributed by atoms with Gasteiger partial charge in [-0.05, 0) is 5.92 Å². The number of halogens is 1. The van der Waals surface area contributed by atoms with Gasteiger partial charge in [0.25, 0.3) is 0 Å². The van der Waals surface area contributed by atoms with Gasteiger partial charge in [0.2, 0.25) is 0 Å². The van der Waals surface area contributed by atoms with Crippen molar-refractivity contribution in [1.29, 1.82) is 0 Å². The third-order valence-electron chi connectivity index (χ3n) is 1.69. The van der Waals surface area contributed by atoms with Crippen molar-refractivity contribution < 1.29 is 0 Å². The van der Waals surface area contributed by atoms with E-state index in [1.54, 1.807) is 18.1 Å². The van der Waals surface area contributed by atoms with Crippen molar-refractivity contribution >= 4 is 23.4 Å². The first-order valence-corrected chi connectivity index (χ1v) is 6.43. The second kappa shape index (κ2) is 6.30. The topological polar surface area (TPSA) is 30.7 Å². The van der Waals surface area contributed by atoms with E-state index < -0.39 is 0 Å². The molecule has 1 rings (SSSR count). The summed E-state index contributed by atoms with van der Waals surface area (Å²) in [6.07, 6.45) is 1.62.